The number of carbonyl (C=O) groups excluding carboxylic acids is 6. The summed E-state index contributed by atoms with van der Waals surface area (Å²) in [5.74, 6) is -1.08. The van der Waals surface area contributed by atoms with E-state index in [4.69, 9.17) is 28.4 Å². The predicted octanol–water partition coefficient (Wildman–Crippen LogP) is 4.49. The van der Waals surface area contributed by atoms with Gasteiger partial charge in [-0.25, -0.2) is 28.8 Å². The third-order valence-corrected chi connectivity index (χ3v) is 7.27. The molecule has 15 heteroatoms. The summed E-state index contributed by atoms with van der Waals surface area (Å²) in [5, 5.41) is 7.46. The minimum Gasteiger partial charge on any atom is -0.461 e. The van der Waals surface area contributed by atoms with Crippen LogP contribution < -0.4 is 30.2 Å². The van der Waals surface area contributed by atoms with Crippen molar-refractivity contribution in [3.63, 3.8) is 0 Å². The number of benzene rings is 3. The van der Waals surface area contributed by atoms with Crippen molar-refractivity contribution in [1.82, 2.24) is 16.0 Å². The summed E-state index contributed by atoms with van der Waals surface area (Å²) in [5.41, 5.74) is 1.49. The molecule has 0 unspecified atom stereocenters. The Morgan fingerprint density at radius 3 is 0.962 bits per heavy atom. The van der Waals surface area contributed by atoms with Crippen molar-refractivity contribution in [2.45, 2.75) is 12.3 Å². The summed E-state index contributed by atoms with van der Waals surface area (Å²) in [6.07, 6.45) is 0.813. The summed E-state index contributed by atoms with van der Waals surface area (Å²) in [7, 11) is 0. The summed E-state index contributed by atoms with van der Waals surface area (Å²) in [6.45, 7) is 11.8. The van der Waals surface area contributed by atoms with Crippen LogP contribution in [0.5, 0.6) is 17.2 Å². The van der Waals surface area contributed by atoms with Crippen LogP contribution in [-0.4, -0.2) is 75.6 Å². The third kappa shape index (κ3) is 13.1. The SMILES string of the molecule is C=CC(=O)OCCNC(=O)Oc1ccc(C(C)(c2ccc(OC(=O)NCCOC(=O)C=C)cc2)c2ccc(OC(=O)NCCOC(=O)C=C)cc2)cc1. The zero-order valence-electron chi connectivity index (χ0n) is 28.9. The standard InChI is InChI=1S/C38H39N3O12/c1-5-32(42)48-23-20-39-35(45)51-29-14-8-26(9-15-29)38(4,27-10-16-30(17-11-27)52-36(46)40-21-24-49-33(43)6-2)28-12-18-31(19-13-28)53-37(47)41-22-25-50-34(44)7-3/h5-19H,1-3,20-25H2,4H3,(H,39,45)(H,40,46)(H,41,47). The molecule has 3 aromatic rings. The first-order valence-electron chi connectivity index (χ1n) is 16.0. The van der Waals surface area contributed by atoms with E-state index in [1.807, 2.05) is 6.92 Å². The molecule has 0 aliphatic heterocycles. The molecule has 0 aliphatic rings. The van der Waals surface area contributed by atoms with Crippen molar-refractivity contribution >= 4 is 36.2 Å². The van der Waals surface area contributed by atoms with Crippen molar-refractivity contribution in [1.29, 1.82) is 0 Å². The fourth-order valence-electron chi connectivity index (χ4n) is 4.59. The lowest BCUT2D eigenvalue weighted by atomic mass is 9.71. The quantitative estimate of drug-likeness (QED) is 0.0547. The molecule has 53 heavy (non-hydrogen) atoms. The minimum atomic E-state index is -0.846. The highest BCUT2D eigenvalue weighted by Crippen LogP contribution is 2.40. The van der Waals surface area contributed by atoms with Gasteiger partial charge in [0.2, 0.25) is 0 Å². The van der Waals surface area contributed by atoms with Crippen LogP contribution in [0.25, 0.3) is 0 Å². The van der Waals surface area contributed by atoms with Crippen LogP contribution in [0.4, 0.5) is 14.4 Å². The average molecular weight is 730 g/mol. The van der Waals surface area contributed by atoms with E-state index in [2.05, 4.69) is 35.7 Å². The predicted molar refractivity (Wildman–Crippen MR) is 190 cm³/mol. The Labute approximate surface area is 305 Å². The number of hydrogen-bond acceptors (Lipinski definition) is 12. The molecule has 3 N–H and O–H groups in total. The van der Waals surface area contributed by atoms with Gasteiger partial charge in [0, 0.05) is 23.6 Å². The lowest BCUT2D eigenvalue weighted by Crippen LogP contribution is -2.31. The van der Waals surface area contributed by atoms with Gasteiger partial charge in [-0.05, 0) is 60.0 Å². The number of carbonyl (C=O) groups is 6. The van der Waals surface area contributed by atoms with Crippen LogP contribution in [0, 0.1) is 0 Å². The van der Waals surface area contributed by atoms with Gasteiger partial charge in [-0.2, -0.15) is 0 Å². The van der Waals surface area contributed by atoms with Gasteiger partial charge >= 0.3 is 36.2 Å². The first-order chi connectivity index (χ1) is 25.5. The number of rotatable bonds is 18. The molecule has 15 nitrogen and oxygen atoms in total. The molecule has 0 bridgehead atoms. The molecular weight excluding hydrogens is 690 g/mol. The van der Waals surface area contributed by atoms with Crippen LogP contribution >= 0.6 is 0 Å². The normalized spacial score (nSPS) is 10.4. The zero-order chi connectivity index (χ0) is 38.6. The molecule has 0 spiro atoms. The van der Waals surface area contributed by atoms with E-state index < -0.39 is 41.6 Å². The van der Waals surface area contributed by atoms with E-state index >= 15 is 0 Å². The van der Waals surface area contributed by atoms with Gasteiger partial charge in [-0.1, -0.05) is 56.1 Å². The Kier molecular flexibility index (Phi) is 15.8. The maximum Gasteiger partial charge on any atom is 0.412 e. The first kappa shape index (κ1) is 40.5. The average Bonchev–Trinajstić information content (AvgIpc) is 3.17. The lowest BCUT2D eigenvalue weighted by Gasteiger charge is -2.32. The van der Waals surface area contributed by atoms with Crippen molar-refractivity contribution in [2.75, 3.05) is 39.5 Å². The number of nitrogens with one attached hydrogen (secondary N) is 3. The molecule has 0 atom stereocenters. The van der Waals surface area contributed by atoms with Crippen LogP contribution in [0.2, 0.25) is 0 Å². The summed E-state index contributed by atoms with van der Waals surface area (Å²) < 4.78 is 30.6. The highest BCUT2D eigenvalue weighted by Gasteiger charge is 2.32. The Morgan fingerprint density at radius 1 is 0.491 bits per heavy atom. The second-order valence-corrected chi connectivity index (χ2v) is 10.8. The van der Waals surface area contributed by atoms with Crippen LogP contribution in [0.1, 0.15) is 23.6 Å². The summed E-state index contributed by atoms with van der Waals surface area (Å²) in [4.78, 5) is 70.3. The maximum absolute atomic E-state index is 12.3. The molecule has 0 radical (unpaired) electrons. The first-order valence-corrected chi connectivity index (χ1v) is 16.0. The molecule has 0 aromatic heterocycles. The Bertz CT molecular complexity index is 1570. The zero-order valence-corrected chi connectivity index (χ0v) is 28.9. The summed E-state index contributed by atoms with van der Waals surface area (Å²) >= 11 is 0. The maximum atomic E-state index is 12.3. The smallest absolute Gasteiger partial charge is 0.412 e. The van der Waals surface area contributed by atoms with E-state index in [9.17, 15) is 28.8 Å². The Hall–Kier alpha value is -6.90. The van der Waals surface area contributed by atoms with E-state index in [1.54, 1.807) is 72.8 Å². The van der Waals surface area contributed by atoms with Gasteiger partial charge in [0.15, 0.2) is 0 Å². The van der Waals surface area contributed by atoms with Gasteiger partial charge in [-0.15, -0.1) is 0 Å². The van der Waals surface area contributed by atoms with Crippen molar-refractivity contribution in [3.8, 4) is 17.2 Å². The van der Waals surface area contributed by atoms with E-state index in [0.717, 1.165) is 34.9 Å². The van der Waals surface area contributed by atoms with E-state index in [-0.39, 0.29) is 56.7 Å². The molecule has 0 saturated carbocycles. The molecule has 278 valence electrons. The highest BCUT2D eigenvalue weighted by molar-refractivity contribution is 5.82. The van der Waals surface area contributed by atoms with Crippen molar-refractivity contribution < 1.29 is 57.2 Å². The molecule has 3 amide bonds. The molecule has 0 fully saturated rings. The van der Waals surface area contributed by atoms with Gasteiger partial charge < -0.3 is 44.4 Å². The molecule has 3 rings (SSSR count). The van der Waals surface area contributed by atoms with Crippen molar-refractivity contribution in [3.05, 3.63) is 127 Å². The second kappa shape index (κ2) is 20.7. The number of esters is 3. The van der Waals surface area contributed by atoms with Crippen molar-refractivity contribution in [2.24, 2.45) is 0 Å². The highest BCUT2D eigenvalue weighted by atomic mass is 16.6. The van der Waals surface area contributed by atoms with Crippen LogP contribution in [-0.2, 0) is 34.0 Å². The second-order valence-electron chi connectivity index (χ2n) is 10.8. The van der Waals surface area contributed by atoms with Crippen LogP contribution in [0.15, 0.2) is 111 Å². The van der Waals surface area contributed by atoms with Crippen LogP contribution in [0.3, 0.4) is 0 Å². The number of amides is 3. The van der Waals surface area contributed by atoms with Gasteiger partial charge in [0.1, 0.15) is 37.1 Å². The Morgan fingerprint density at radius 2 is 0.736 bits per heavy atom. The topological polar surface area (TPSA) is 194 Å². The van der Waals surface area contributed by atoms with E-state index in [1.165, 1.54) is 0 Å². The summed E-state index contributed by atoms with van der Waals surface area (Å²) in [6, 6.07) is 20.4. The molecular formula is C38H39N3O12. The van der Waals surface area contributed by atoms with E-state index in [0.29, 0.717) is 0 Å². The monoisotopic (exact) mass is 729 g/mol. The molecule has 0 heterocycles. The molecule has 0 saturated heterocycles. The third-order valence-electron chi connectivity index (χ3n) is 7.27. The Balaban J connectivity index is 1.78. The lowest BCUT2D eigenvalue weighted by molar-refractivity contribution is -0.138. The number of hydrogen-bond donors (Lipinski definition) is 3. The molecule has 0 aliphatic carbocycles. The fourth-order valence-corrected chi connectivity index (χ4v) is 4.59. The molecule has 3 aromatic carbocycles. The fraction of sp³-hybridized carbons (Fsp3) is 0.211. The minimum absolute atomic E-state index is 0.0353. The van der Waals surface area contributed by atoms with Gasteiger partial charge in [0.05, 0.1) is 19.6 Å². The largest absolute Gasteiger partial charge is 0.461 e. The van der Waals surface area contributed by atoms with Gasteiger partial charge in [0.25, 0.3) is 0 Å². The number of ether oxygens (including phenoxy) is 6. The van der Waals surface area contributed by atoms with Gasteiger partial charge in [-0.3, -0.25) is 0 Å².